The van der Waals surface area contributed by atoms with Gasteiger partial charge in [-0.1, -0.05) is 13.0 Å². The Bertz CT molecular complexity index is 694. The summed E-state index contributed by atoms with van der Waals surface area (Å²) in [6.07, 6.45) is 0.659. The number of carbonyl (C=O) groups is 2. The summed E-state index contributed by atoms with van der Waals surface area (Å²) in [5.41, 5.74) is 9.19. The maximum absolute atomic E-state index is 11.9. The fourth-order valence-corrected chi connectivity index (χ4v) is 2.44. The minimum Gasteiger partial charge on any atom is -0.484 e. The minimum atomic E-state index is -0.527. The molecule has 23 heavy (non-hydrogen) atoms. The molecule has 0 aliphatic carbocycles. The van der Waals surface area contributed by atoms with Crippen LogP contribution in [-0.4, -0.2) is 24.1 Å². The molecule has 120 valence electrons. The molecule has 1 aromatic carbocycles. The van der Waals surface area contributed by atoms with Crippen molar-refractivity contribution in [3.8, 4) is 5.75 Å². The van der Waals surface area contributed by atoms with Crippen molar-refractivity contribution in [1.29, 1.82) is 0 Å². The van der Waals surface area contributed by atoms with E-state index in [1.54, 1.807) is 18.2 Å². The number of amides is 2. The number of nitrogens with zero attached hydrogens (tertiary/aromatic N) is 1. The van der Waals surface area contributed by atoms with E-state index in [1.807, 2.05) is 30.5 Å². The largest absolute Gasteiger partial charge is 0.484 e. The van der Waals surface area contributed by atoms with E-state index >= 15 is 0 Å². The summed E-state index contributed by atoms with van der Waals surface area (Å²) in [6.45, 7) is 1.79. The first kappa shape index (κ1) is 16.7. The summed E-state index contributed by atoms with van der Waals surface area (Å²) in [5, 5.41) is 6.02. The molecule has 0 bridgehead atoms. The molecule has 0 saturated carbocycles. The van der Waals surface area contributed by atoms with Gasteiger partial charge in [-0.15, -0.1) is 11.3 Å². The molecular formula is C16H17N3O3S. The summed E-state index contributed by atoms with van der Waals surface area (Å²) >= 11 is 1.36. The Labute approximate surface area is 138 Å². The van der Waals surface area contributed by atoms with Crippen molar-refractivity contribution in [1.82, 2.24) is 5.43 Å². The number of ether oxygens (including phenoxy) is 1. The van der Waals surface area contributed by atoms with Gasteiger partial charge >= 0.3 is 0 Å². The topological polar surface area (TPSA) is 93.8 Å². The van der Waals surface area contributed by atoms with Crippen LogP contribution in [0.4, 0.5) is 0 Å². The van der Waals surface area contributed by atoms with Gasteiger partial charge in [0.25, 0.3) is 11.8 Å². The van der Waals surface area contributed by atoms with Gasteiger partial charge in [0.15, 0.2) is 6.61 Å². The molecule has 2 aromatic rings. The monoisotopic (exact) mass is 331 g/mol. The number of rotatable bonds is 7. The number of thiophene rings is 1. The van der Waals surface area contributed by atoms with Gasteiger partial charge in [0.2, 0.25) is 0 Å². The summed E-state index contributed by atoms with van der Waals surface area (Å²) in [6, 6.07) is 10.6. The molecule has 0 aliphatic heterocycles. The SMILES string of the molecule is CCC(=NNC(=O)c1cccs1)c1ccc(OCC(N)=O)cc1. The Morgan fingerprint density at radius 1 is 1.26 bits per heavy atom. The number of nitrogens with one attached hydrogen (secondary N) is 1. The Hall–Kier alpha value is -2.67. The van der Waals surface area contributed by atoms with Gasteiger partial charge in [-0.25, -0.2) is 5.43 Å². The molecule has 0 fully saturated rings. The number of hydrazone groups is 1. The summed E-state index contributed by atoms with van der Waals surface area (Å²) in [5.74, 6) is -0.209. The summed E-state index contributed by atoms with van der Waals surface area (Å²) in [7, 11) is 0. The van der Waals surface area contributed by atoms with Crippen molar-refractivity contribution in [2.24, 2.45) is 10.8 Å². The Balaban J connectivity index is 2.03. The van der Waals surface area contributed by atoms with E-state index in [4.69, 9.17) is 10.5 Å². The van der Waals surface area contributed by atoms with Gasteiger partial charge < -0.3 is 10.5 Å². The molecule has 6 nitrogen and oxygen atoms in total. The molecule has 2 rings (SSSR count). The lowest BCUT2D eigenvalue weighted by molar-refractivity contribution is -0.119. The van der Waals surface area contributed by atoms with Gasteiger partial charge in [-0.2, -0.15) is 5.10 Å². The number of primary amides is 1. The van der Waals surface area contributed by atoms with Crippen LogP contribution >= 0.6 is 11.3 Å². The fourth-order valence-electron chi connectivity index (χ4n) is 1.83. The first-order valence-corrected chi connectivity index (χ1v) is 7.90. The highest BCUT2D eigenvalue weighted by atomic mass is 32.1. The molecule has 0 radical (unpaired) electrons. The molecule has 0 aliphatic rings. The van der Waals surface area contributed by atoms with Gasteiger partial charge in [-0.05, 0) is 47.7 Å². The lowest BCUT2D eigenvalue weighted by atomic mass is 10.1. The normalized spacial score (nSPS) is 11.1. The van der Waals surface area contributed by atoms with Crippen LogP contribution in [0.3, 0.4) is 0 Å². The Morgan fingerprint density at radius 2 is 2.00 bits per heavy atom. The van der Waals surface area contributed by atoms with Gasteiger partial charge in [0, 0.05) is 0 Å². The van der Waals surface area contributed by atoms with E-state index in [2.05, 4.69) is 10.5 Å². The van der Waals surface area contributed by atoms with Crippen LogP contribution in [0.1, 0.15) is 28.6 Å². The van der Waals surface area contributed by atoms with E-state index < -0.39 is 5.91 Å². The molecule has 0 spiro atoms. The predicted molar refractivity (Wildman–Crippen MR) is 89.7 cm³/mol. The molecule has 0 saturated heterocycles. The molecule has 2 amide bonds. The Morgan fingerprint density at radius 3 is 2.57 bits per heavy atom. The quantitative estimate of drug-likeness (QED) is 0.601. The number of hydrogen-bond donors (Lipinski definition) is 2. The number of carbonyl (C=O) groups excluding carboxylic acids is 2. The second-order valence-corrected chi connectivity index (χ2v) is 5.56. The zero-order valence-electron chi connectivity index (χ0n) is 12.6. The maximum atomic E-state index is 11.9. The van der Waals surface area contributed by atoms with Crippen molar-refractivity contribution in [3.63, 3.8) is 0 Å². The van der Waals surface area contributed by atoms with Crippen LogP contribution in [0.15, 0.2) is 46.9 Å². The summed E-state index contributed by atoms with van der Waals surface area (Å²) in [4.78, 5) is 23.2. The first-order chi connectivity index (χ1) is 11.1. The zero-order valence-corrected chi connectivity index (χ0v) is 13.4. The van der Waals surface area contributed by atoms with Crippen molar-refractivity contribution >= 4 is 28.9 Å². The van der Waals surface area contributed by atoms with Crippen LogP contribution in [0.25, 0.3) is 0 Å². The third kappa shape index (κ3) is 4.93. The maximum Gasteiger partial charge on any atom is 0.281 e. The van der Waals surface area contributed by atoms with Crippen molar-refractivity contribution in [3.05, 3.63) is 52.2 Å². The number of hydrogen-bond acceptors (Lipinski definition) is 5. The number of benzene rings is 1. The molecule has 0 atom stereocenters. The zero-order chi connectivity index (χ0) is 16.7. The fraction of sp³-hybridized carbons (Fsp3) is 0.188. The molecule has 7 heteroatoms. The Kier molecular flexibility index (Phi) is 5.87. The van der Waals surface area contributed by atoms with Gasteiger partial charge in [-0.3, -0.25) is 9.59 Å². The number of nitrogens with two attached hydrogens (primary N) is 1. The van der Waals surface area contributed by atoms with Crippen LogP contribution in [0.2, 0.25) is 0 Å². The van der Waals surface area contributed by atoms with E-state index in [0.29, 0.717) is 17.0 Å². The van der Waals surface area contributed by atoms with Crippen molar-refractivity contribution in [2.75, 3.05) is 6.61 Å². The van der Waals surface area contributed by atoms with Crippen LogP contribution in [-0.2, 0) is 4.79 Å². The smallest absolute Gasteiger partial charge is 0.281 e. The van der Waals surface area contributed by atoms with Gasteiger partial charge in [0.1, 0.15) is 5.75 Å². The standard InChI is InChI=1S/C16H17N3O3S/c1-2-13(18-19-16(21)14-4-3-9-23-14)11-5-7-12(8-6-11)22-10-15(17)20/h3-9H,2,10H2,1H3,(H2,17,20)(H,19,21). The average Bonchev–Trinajstić information content (AvgIpc) is 3.09. The lowest BCUT2D eigenvalue weighted by Gasteiger charge is -2.07. The molecule has 1 aromatic heterocycles. The van der Waals surface area contributed by atoms with E-state index in [0.717, 1.165) is 11.3 Å². The van der Waals surface area contributed by atoms with Crippen molar-refractivity contribution in [2.45, 2.75) is 13.3 Å². The highest BCUT2D eigenvalue weighted by Crippen LogP contribution is 2.14. The van der Waals surface area contributed by atoms with Crippen LogP contribution in [0, 0.1) is 0 Å². The summed E-state index contributed by atoms with van der Waals surface area (Å²) < 4.78 is 5.20. The molecular weight excluding hydrogens is 314 g/mol. The first-order valence-electron chi connectivity index (χ1n) is 7.02. The molecule has 0 unspecified atom stereocenters. The second kappa shape index (κ2) is 8.09. The third-order valence-corrected chi connectivity index (χ3v) is 3.81. The van der Waals surface area contributed by atoms with Gasteiger partial charge in [0.05, 0.1) is 10.6 Å². The lowest BCUT2D eigenvalue weighted by Crippen LogP contribution is -2.20. The van der Waals surface area contributed by atoms with E-state index in [9.17, 15) is 9.59 Å². The van der Waals surface area contributed by atoms with Crippen molar-refractivity contribution < 1.29 is 14.3 Å². The highest BCUT2D eigenvalue weighted by Gasteiger charge is 2.07. The van der Waals surface area contributed by atoms with Crippen LogP contribution in [0.5, 0.6) is 5.75 Å². The molecule has 1 heterocycles. The average molecular weight is 331 g/mol. The predicted octanol–water partition coefficient (Wildman–Crippen LogP) is 2.16. The van der Waals surface area contributed by atoms with E-state index in [1.165, 1.54) is 11.3 Å². The third-order valence-electron chi connectivity index (χ3n) is 2.94. The minimum absolute atomic E-state index is 0.162. The van der Waals surface area contributed by atoms with Crippen LogP contribution < -0.4 is 15.9 Å². The highest BCUT2D eigenvalue weighted by molar-refractivity contribution is 7.12. The second-order valence-electron chi connectivity index (χ2n) is 4.61. The van der Waals surface area contributed by atoms with E-state index in [-0.39, 0.29) is 12.5 Å². The molecule has 3 N–H and O–H groups in total.